The standard InChI is InChI=1S/C19H26N6O3S.C2H2O4/c1-13-21-14(11-29-13)18(27)24-8-5-19(12-24)4-3-15-22-23-16(25(15)9-6-19)17(26)20-7-10-28-2;3-1(4)2(5)6/h11H,3-10,12H2,1-2H3,(H,20,26);(H,3,4)(H,5,6). The molecular formula is C21H28N6O7S. The summed E-state index contributed by atoms with van der Waals surface area (Å²) in [5.41, 5.74) is 0.607. The van der Waals surface area contributed by atoms with Crippen LogP contribution in [0.3, 0.4) is 0 Å². The first-order valence-electron chi connectivity index (χ1n) is 11.0. The SMILES string of the molecule is COCCNC(=O)c1nnc2n1CCC1(CC2)CCN(C(=O)c2csc(C)n2)C1.O=C(O)C(=O)O. The molecule has 1 spiro atoms. The molecule has 14 heteroatoms. The van der Waals surface area contributed by atoms with Gasteiger partial charge in [-0.15, -0.1) is 21.5 Å². The Labute approximate surface area is 205 Å². The average molecular weight is 509 g/mol. The molecule has 1 saturated heterocycles. The number of likely N-dealkylation sites (tertiary alicyclic amines) is 1. The van der Waals surface area contributed by atoms with Crippen molar-refractivity contribution in [2.24, 2.45) is 5.41 Å². The van der Waals surface area contributed by atoms with E-state index in [1.807, 2.05) is 21.8 Å². The number of rotatable bonds is 5. The molecule has 4 heterocycles. The molecule has 1 unspecified atom stereocenters. The summed E-state index contributed by atoms with van der Waals surface area (Å²) in [6, 6.07) is 0. The van der Waals surface area contributed by atoms with Crippen LogP contribution in [0, 0.1) is 12.3 Å². The second kappa shape index (κ2) is 11.4. The van der Waals surface area contributed by atoms with Crippen LogP contribution < -0.4 is 5.32 Å². The van der Waals surface area contributed by atoms with Crippen molar-refractivity contribution in [3.63, 3.8) is 0 Å². The summed E-state index contributed by atoms with van der Waals surface area (Å²) in [5.74, 6) is -2.65. The number of nitrogens with zero attached hydrogens (tertiary/aromatic N) is 5. The highest BCUT2D eigenvalue weighted by atomic mass is 32.1. The molecule has 190 valence electrons. The van der Waals surface area contributed by atoms with Gasteiger partial charge in [0.05, 0.1) is 11.6 Å². The van der Waals surface area contributed by atoms with E-state index >= 15 is 0 Å². The van der Waals surface area contributed by atoms with E-state index in [0.29, 0.717) is 31.2 Å². The number of ether oxygens (including phenoxy) is 1. The lowest BCUT2D eigenvalue weighted by atomic mass is 9.80. The number of hydrogen-bond acceptors (Lipinski definition) is 9. The summed E-state index contributed by atoms with van der Waals surface area (Å²) in [7, 11) is 1.60. The largest absolute Gasteiger partial charge is 0.473 e. The fraction of sp³-hybridized carbons (Fsp3) is 0.571. The molecule has 0 radical (unpaired) electrons. The van der Waals surface area contributed by atoms with Gasteiger partial charge >= 0.3 is 11.9 Å². The molecule has 0 aromatic carbocycles. The lowest BCUT2D eigenvalue weighted by Gasteiger charge is -2.27. The Balaban J connectivity index is 0.000000509. The summed E-state index contributed by atoms with van der Waals surface area (Å²) in [6.45, 7) is 4.98. The Morgan fingerprint density at radius 3 is 2.49 bits per heavy atom. The molecule has 13 nitrogen and oxygen atoms in total. The second-order valence-corrected chi connectivity index (χ2v) is 9.49. The molecule has 2 aromatic heterocycles. The van der Waals surface area contributed by atoms with Crippen LogP contribution in [0.5, 0.6) is 0 Å². The van der Waals surface area contributed by atoms with Crippen LogP contribution in [0.4, 0.5) is 0 Å². The third-order valence-electron chi connectivity index (χ3n) is 6.11. The number of carboxylic acids is 2. The van der Waals surface area contributed by atoms with Gasteiger partial charge in [0.15, 0.2) is 0 Å². The number of aryl methyl sites for hydroxylation is 2. The van der Waals surface area contributed by atoms with Crippen LogP contribution in [0.1, 0.15) is 51.2 Å². The molecule has 2 amide bonds. The lowest BCUT2D eigenvalue weighted by molar-refractivity contribution is -0.159. The van der Waals surface area contributed by atoms with E-state index in [2.05, 4.69) is 20.5 Å². The second-order valence-electron chi connectivity index (χ2n) is 8.43. The Morgan fingerprint density at radius 2 is 1.86 bits per heavy atom. The average Bonchev–Trinajstić information content (AvgIpc) is 3.52. The summed E-state index contributed by atoms with van der Waals surface area (Å²) < 4.78 is 6.91. The molecule has 2 aromatic rings. The number of carbonyl (C=O) groups is 4. The third kappa shape index (κ3) is 6.39. The maximum atomic E-state index is 12.8. The van der Waals surface area contributed by atoms with Crippen molar-refractivity contribution in [2.75, 3.05) is 33.4 Å². The van der Waals surface area contributed by atoms with Crippen LogP contribution >= 0.6 is 11.3 Å². The van der Waals surface area contributed by atoms with Gasteiger partial charge in [-0.25, -0.2) is 14.6 Å². The zero-order valence-corrected chi connectivity index (χ0v) is 20.3. The van der Waals surface area contributed by atoms with Crippen molar-refractivity contribution >= 4 is 35.1 Å². The van der Waals surface area contributed by atoms with E-state index in [1.54, 1.807) is 7.11 Å². The number of amides is 2. The molecule has 3 N–H and O–H groups in total. The van der Waals surface area contributed by atoms with Gasteiger partial charge in [0.25, 0.3) is 11.8 Å². The summed E-state index contributed by atoms with van der Waals surface area (Å²) >= 11 is 1.50. The van der Waals surface area contributed by atoms with Crippen LogP contribution in [-0.2, 0) is 27.3 Å². The van der Waals surface area contributed by atoms with Gasteiger partial charge in [-0.1, -0.05) is 0 Å². The van der Waals surface area contributed by atoms with E-state index in [-0.39, 0.29) is 17.2 Å². The van der Waals surface area contributed by atoms with Crippen molar-refractivity contribution in [3.05, 3.63) is 27.7 Å². The molecular weight excluding hydrogens is 480 g/mol. The predicted molar refractivity (Wildman–Crippen MR) is 122 cm³/mol. The minimum absolute atomic E-state index is 0.0214. The first-order chi connectivity index (χ1) is 16.7. The first-order valence-corrected chi connectivity index (χ1v) is 11.9. The number of hydrogen-bond donors (Lipinski definition) is 3. The maximum Gasteiger partial charge on any atom is 0.414 e. The quantitative estimate of drug-likeness (QED) is 0.379. The van der Waals surface area contributed by atoms with Crippen molar-refractivity contribution in [2.45, 2.75) is 39.2 Å². The molecule has 0 aliphatic carbocycles. The summed E-state index contributed by atoms with van der Waals surface area (Å²) in [5, 5.41) is 28.7. The number of thiazole rings is 1. The fourth-order valence-electron chi connectivity index (χ4n) is 4.26. The molecule has 0 saturated carbocycles. The zero-order valence-electron chi connectivity index (χ0n) is 19.5. The predicted octanol–water partition coefficient (Wildman–Crippen LogP) is 0.444. The minimum atomic E-state index is -1.82. The monoisotopic (exact) mass is 508 g/mol. The number of methoxy groups -OCH3 is 1. The normalized spacial score (nSPS) is 18.9. The van der Waals surface area contributed by atoms with Crippen molar-refractivity contribution < 1.29 is 34.1 Å². The van der Waals surface area contributed by atoms with Gasteiger partial charge in [-0.3, -0.25) is 9.59 Å². The van der Waals surface area contributed by atoms with Crippen LogP contribution in [0.25, 0.3) is 0 Å². The summed E-state index contributed by atoms with van der Waals surface area (Å²) in [6.07, 6.45) is 3.57. The van der Waals surface area contributed by atoms with E-state index in [0.717, 1.165) is 49.6 Å². The molecule has 2 aliphatic rings. The van der Waals surface area contributed by atoms with Gasteiger partial charge < -0.3 is 29.7 Å². The van der Waals surface area contributed by atoms with Crippen LogP contribution in [0.15, 0.2) is 5.38 Å². The molecule has 2 aliphatic heterocycles. The highest BCUT2D eigenvalue weighted by molar-refractivity contribution is 7.09. The van der Waals surface area contributed by atoms with Gasteiger partial charge in [-0.05, 0) is 31.6 Å². The number of aromatic nitrogens is 4. The van der Waals surface area contributed by atoms with E-state index < -0.39 is 11.9 Å². The number of nitrogens with one attached hydrogen (secondary N) is 1. The van der Waals surface area contributed by atoms with Crippen LogP contribution in [-0.4, -0.2) is 92.0 Å². The lowest BCUT2D eigenvalue weighted by Crippen LogP contribution is -2.33. The smallest absolute Gasteiger partial charge is 0.414 e. The maximum absolute atomic E-state index is 12.8. The van der Waals surface area contributed by atoms with Crippen LogP contribution in [0.2, 0.25) is 0 Å². The Morgan fingerprint density at radius 1 is 1.14 bits per heavy atom. The Hall–Kier alpha value is -3.39. The number of carboxylic acid groups (broad SMARTS) is 2. The fourth-order valence-corrected chi connectivity index (χ4v) is 4.85. The van der Waals surface area contributed by atoms with Crippen molar-refractivity contribution in [3.8, 4) is 0 Å². The van der Waals surface area contributed by atoms with Gasteiger partial charge in [0.2, 0.25) is 5.82 Å². The first kappa shape index (κ1) is 26.2. The third-order valence-corrected chi connectivity index (χ3v) is 6.89. The molecule has 1 fully saturated rings. The van der Waals surface area contributed by atoms with Gasteiger partial charge in [0.1, 0.15) is 11.5 Å². The summed E-state index contributed by atoms with van der Waals surface area (Å²) in [4.78, 5) is 49.7. The van der Waals surface area contributed by atoms with Gasteiger partial charge in [0, 0.05) is 45.1 Å². The van der Waals surface area contributed by atoms with Crippen molar-refractivity contribution in [1.29, 1.82) is 0 Å². The Kier molecular flexibility index (Phi) is 8.51. The highest BCUT2D eigenvalue weighted by Gasteiger charge is 2.42. The number of aliphatic carboxylic acids is 2. The van der Waals surface area contributed by atoms with E-state index in [1.165, 1.54) is 11.3 Å². The highest BCUT2D eigenvalue weighted by Crippen LogP contribution is 2.41. The minimum Gasteiger partial charge on any atom is -0.473 e. The molecule has 4 rings (SSSR count). The van der Waals surface area contributed by atoms with E-state index in [9.17, 15) is 9.59 Å². The zero-order chi connectivity index (χ0) is 25.6. The van der Waals surface area contributed by atoms with Crippen molar-refractivity contribution in [1.82, 2.24) is 30.0 Å². The number of carbonyl (C=O) groups excluding carboxylic acids is 2. The molecule has 1 atom stereocenters. The van der Waals surface area contributed by atoms with Gasteiger partial charge in [-0.2, -0.15) is 0 Å². The molecule has 0 bridgehead atoms. The van der Waals surface area contributed by atoms with E-state index in [4.69, 9.17) is 24.5 Å². The topological polar surface area (TPSA) is 177 Å². The Bertz CT molecular complexity index is 1090. The number of fused-ring (bicyclic) bond motifs is 1. The molecule has 35 heavy (non-hydrogen) atoms.